The lowest BCUT2D eigenvalue weighted by molar-refractivity contribution is -0.165. The maximum absolute atomic E-state index is 12.5. The standard InChI is InChI=1S/C9H14F3N3O/c1-2-3-14-4-5-15(8(14)16)7(6-13)9(10,11)12/h4-5,7H,2-3,6,13H2,1H3. The first-order chi connectivity index (χ1) is 7.41. The summed E-state index contributed by atoms with van der Waals surface area (Å²) in [5.41, 5.74) is 4.38. The summed E-state index contributed by atoms with van der Waals surface area (Å²) in [7, 11) is 0. The second-order valence-electron chi connectivity index (χ2n) is 3.47. The topological polar surface area (TPSA) is 52.9 Å². The SMILES string of the molecule is CCCn1ccn(C(CN)C(F)(F)F)c1=O. The van der Waals surface area contributed by atoms with E-state index >= 15 is 0 Å². The van der Waals surface area contributed by atoms with Crippen molar-refractivity contribution in [1.29, 1.82) is 0 Å². The summed E-state index contributed by atoms with van der Waals surface area (Å²) in [6.45, 7) is 1.61. The number of nitrogens with two attached hydrogens (primary N) is 1. The molecule has 0 aliphatic rings. The number of halogens is 3. The zero-order valence-electron chi connectivity index (χ0n) is 8.87. The largest absolute Gasteiger partial charge is 0.410 e. The molecule has 0 fully saturated rings. The van der Waals surface area contributed by atoms with Gasteiger partial charge in [-0.3, -0.25) is 9.13 Å². The van der Waals surface area contributed by atoms with Crippen molar-refractivity contribution >= 4 is 0 Å². The van der Waals surface area contributed by atoms with Crippen LogP contribution in [0.25, 0.3) is 0 Å². The molecule has 0 saturated heterocycles. The predicted octanol–water partition coefficient (Wildman–Crippen LogP) is 1.12. The quantitative estimate of drug-likeness (QED) is 0.853. The lowest BCUT2D eigenvalue weighted by Gasteiger charge is -2.18. The van der Waals surface area contributed by atoms with Crippen molar-refractivity contribution in [3.05, 3.63) is 22.9 Å². The van der Waals surface area contributed by atoms with E-state index in [1.807, 2.05) is 6.92 Å². The normalized spacial score (nSPS) is 14.1. The van der Waals surface area contributed by atoms with Crippen LogP contribution in [0.5, 0.6) is 0 Å². The molecule has 0 aliphatic carbocycles. The van der Waals surface area contributed by atoms with Gasteiger partial charge in [-0.15, -0.1) is 0 Å². The number of aryl methyl sites for hydroxylation is 1. The summed E-state index contributed by atoms with van der Waals surface area (Å²) in [6, 6.07) is -1.95. The number of rotatable bonds is 4. The Balaban J connectivity index is 3.08. The highest BCUT2D eigenvalue weighted by Gasteiger charge is 2.40. The first-order valence-corrected chi connectivity index (χ1v) is 4.95. The summed E-state index contributed by atoms with van der Waals surface area (Å²) in [4.78, 5) is 11.6. The Labute approximate surface area is 90.5 Å². The molecule has 92 valence electrons. The van der Waals surface area contributed by atoms with Crippen molar-refractivity contribution in [2.75, 3.05) is 6.54 Å². The minimum Gasteiger partial charge on any atom is -0.328 e. The van der Waals surface area contributed by atoms with Crippen LogP contribution < -0.4 is 11.4 Å². The first kappa shape index (κ1) is 12.8. The molecule has 0 aliphatic heterocycles. The summed E-state index contributed by atoms with van der Waals surface area (Å²) < 4.78 is 39.5. The molecule has 4 nitrogen and oxygen atoms in total. The minimum atomic E-state index is -4.50. The monoisotopic (exact) mass is 237 g/mol. The van der Waals surface area contributed by atoms with E-state index in [9.17, 15) is 18.0 Å². The molecule has 16 heavy (non-hydrogen) atoms. The highest BCUT2D eigenvalue weighted by Crippen LogP contribution is 2.28. The van der Waals surface area contributed by atoms with Crippen molar-refractivity contribution in [2.45, 2.75) is 32.1 Å². The number of hydrogen-bond donors (Lipinski definition) is 1. The third-order valence-electron chi connectivity index (χ3n) is 2.28. The molecule has 0 saturated carbocycles. The fourth-order valence-corrected chi connectivity index (χ4v) is 1.48. The number of imidazole rings is 1. The smallest absolute Gasteiger partial charge is 0.328 e. The average Bonchev–Trinajstić information content (AvgIpc) is 2.50. The highest BCUT2D eigenvalue weighted by molar-refractivity contribution is 4.88. The fourth-order valence-electron chi connectivity index (χ4n) is 1.48. The Hall–Kier alpha value is -1.24. The van der Waals surface area contributed by atoms with Crippen LogP contribution in [0.2, 0.25) is 0 Å². The second-order valence-corrected chi connectivity index (χ2v) is 3.47. The number of alkyl halides is 3. The van der Waals surface area contributed by atoms with Gasteiger partial charge in [-0.1, -0.05) is 6.92 Å². The van der Waals surface area contributed by atoms with Gasteiger partial charge in [0.2, 0.25) is 0 Å². The molecule has 0 bridgehead atoms. The van der Waals surface area contributed by atoms with Gasteiger partial charge in [0.1, 0.15) is 6.04 Å². The molecule has 1 heterocycles. The van der Waals surface area contributed by atoms with E-state index in [0.29, 0.717) is 17.5 Å². The lowest BCUT2D eigenvalue weighted by atomic mass is 10.3. The molecule has 1 atom stereocenters. The Bertz CT molecular complexity index is 393. The van der Waals surface area contributed by atoms with Crippen LogP contribution in [0, 0.1) is 0 Å². The Morgan fingerprint density at radius 1 is 1.44 bits per heavy atom. The van der Waals surface area contributed by atoms with Crippen molar-refractivity contribution in [2.24, 2.45) is 5.73 Å². The summed E-state index contributed by atoms with van der Waals surface area (Å²) in [5.74, 6) is 0. The van der Waals surface area contributed by atoms with Crippen LogP contribution in [0.4, 0.5) is 13.2 Å². The Morgan fingerprint density at radius 2 is 2.06 bits per heavy atom. The van der Waals surface area contributed by atoms with Gasteiger partial charge in [0, 0.05) is 25.5 Å². The van der Waals surface area contributed by atoms with E-state index in [4.69, 9.17) is 5.73 Å². The van der Waals surface area contributed by atoms with Crippen LogP contribution in [0.1, 0.15) is 19.4 Å². The third-order valence-corrected chi connectivity index (χ3v) is 2.28. The molecule has 0 amide bonds. The van der Waals surface area contributed by atoms with Crippen LogP contribution >= 0.6 is 0 Å². The molecule has 1 aromatic heterocycles. The van der Waals surface area contributed by atoms with E-state index in [1.165, 1.54) is 10.8 Å². The van der Waals surface area contributed by atoms with E-state index in [2.05, 4.69) is 0 Å². The van der Waals surface area contributed by atoms with E-state index < -0.39 is 24.5 Å². The van der Waals surface area contributed by atoms with Gasteiger partial charge >= 0.3 is 11.9 Å². The van der Waals surface area contributed by atoms with Crippen molar-refractivity contribution in [3.63, 3.8) is 0 Å². The van der Waals surface area contributed by atoms with Gasteiger partial charge < -0.3 is 5.73 Å². The van der Waals surface area contributed by atoms with Crippen molar-refractivity contribution in [3.8, 4) is 0 Å². The van der Waals surface area contributed by atoms with Crippen LogP contribution in [-0.4, -0.2) is 21.9 Å². The zero-order chi connectivity index (χ0) is 12.3. The molecule has 0 radical (unpaired) electrons. The van der Waals surface area contributed by atoms with Gasteiger partial charge in [-0.2, -0.15) is 13.2 Å². The molecular weight excluding hydrogens is 223 g/mol. The molecule has 1 rings (SSSR count). The molecule has 2 N–H and O–H groups in total. The van der Waals surface area contributed by atoms with Crippen molar-refractivity contribution in [1.82, 2.24) is 9.13 Å². The van der Waals surface area contributed by atoms with Crippen LogP contribution in [-0.2, 0) is 6.54 Å². The molecule has 1 unspecified atom stereocenters. The highest BCUT2D eigenvalue weighted by atomic mass is 19.4. The molecular formula is C9H14F3N3O. The minimum absolute atomic E-state index is 0.404. The van der Waals surface area contributed by atoms with Gasteiger partial charge in [0.15, 0.2) is 0 Å². The van der Waals surface area contributed by atoms with Crippen LogP contribution in [0.15, 0.2) is 17.2 Å². The fraction of sp³-hybridized carbons (Fsp3) is 0.667. The Morgan fingerprint density at radius 3 is 2.50 bits per heavy atom. The van der Waals surface area contributed by atoms with E-state index in [0.717, 1.165) is 6.20 Å². The number of hydrogen-bond acceptors (Lipinski definition) is 2. The Kier molecular flexibility index (Phi) is 3.79. The molecule has 0 spiro atoms. The third kappa shape index (κ3) is 2.46. The van der Waals surface area contributed by atoms with Gasteiger partial charge in [0.25, 0.3) is 0 Å². The number of nitrogens with zero attached hydrogens (tertiary/aromatic N) is 2. The van der Waals surface area contributed by atoms with E-state index in [-0.39, 0.29) is 0 Å². The summed E-state index contributed by atoms with van der Waals surface area (Å²) >= 11 is 0. The summed E-state index contributed by atoms with van der Waals surface area (Å²) in [6.07, 6.45) is -1.34. The first-order valence-electron chi connectivity index (χ1n) is 4.95. The maximum Gasteiger partial charge on any atom is 0.410 e. The number of aromatic nitrogens is 2. The molecule has 0 aromatic carbocycles. The van der Waals surface area contributed by atoms with Gasteiger partial charge in [-0.05, 0) is 6.42 Å². The van der Waals surface area contributed by atoms with Crippen molar-refractivity contribution < 1.29 is 13.2 Å². The van der Waals surface area contributed by atoms with Gasteiger partial charge in [-0.25, -0.2) is 4.79 Å². The predicted molar refractivity (Wildman–Crippen MR) is 53.1 cm³/mol. The second kappa shape index (κ2) is 4.73. The van der Waals surface area contributed by atoms with Crippen LogP contribution in [0.3, 0.4) is 0 Å². The zero-order valence-corrected chi connectivity index (χ0v) is 8.87. The summed E-state index contributed by atoms with van der Waals surface area (Å²) in [5, 5.41) is 0. The lowest BCUT2D eigenvalue weighted by Crippen LogP contribution is -2.39. The molecule has 1 aromatic rings. The molecule has 7 heteroatoms. The van der Waals surface area contributed by atoms with Gasteiger partial charge in [0.05, 0.1) is 0 Å². The van der Waals surface area contributed by atoms with E-state index in [1.54, 1.807) is 0 Å². The maximum atomic E-state index is 12.5. The average molecular weight is 237 g/mol.